The molecule has 2 atom stereocenters. The van der Waals surface area contributed by atoms with E-state index >= 15 is 0 Å². The zero-order chi connectivity index (χ0) is 25.2. The second kappa shape index (κ2) is 9.90. The number of Topliss-reactive ketones (excluding diaryl/α,β-unsaturated/α-hetero) is 1. The highest BCUT2D eigenvalue weighted by Crippen LogP contribution is 2.33. The van der Waals surface area contributed by atoms with Crippen LogP contribution >= 0.6 is 0 Å². The quantitative estimate of drug-likeness (QED) is 0.472. The van der Waals surface area contributed by atoms with Gasteiger partial charge < -0.3 is 20.4 Å². The van der Waals surface area contributed by atoms with E-state index in [0.29, 0.717) is 24.1 Å². The minimum absolute atomic E-state index is 0.0248. The molecule has 1 aliphatic carbocycles. The summed E-state index contributed by atoms with van der Waals surface area (Å²) in [7, 11) is 0. The van der Waals surface area contributed by atoms with Crippen LogP contribution in [-0.2, 0) is 9.53 Å². The van der Waals surface area contributed by atoms with Gasteiger partial charge in [0.25, 0.3) is 5.91 Å². The van der Waals surface area contributed by atoms with Crippen molar-refractivity contribution in [2.45, 2.75) is 39.2 Å². The Hall–Kier alpha value is -3.68. The molecule has 7 nitrogen and oxygen atoms in total. The summed E-state index contributed by atoms with van der Waals surface area (Å²) < 4.78 is 18.7. The molecule has 1 aromatic heterocycles. The number of halogens is 1. The Labute approximate surface area is 203 Å². The standard InChI is InChI=1S/C27H30FN3O4/c1-27(2,3)35-26(34)30-15-18-9-8-17(24(18)32)14-29-25(33)23-22(16-10-12-19(28)13-11-16)20-6-4-5-7-21(20)31-23/h4-7,10-13,17-18,31H,8-9,14-15H2,1-3H3,(H,29,33)(H,30,34)/t17-,18-/m1/s1. The van der Waals surface area contributed by atoms with E-state index in [2.05, 4.69) is 15.6 Å². The molecule has 1 heterocycles. The van der Waals surface area contributed by atoms with Gasteiger partial charge in [0.05, 0.1) is 0 Å². The first-order valence-corrected chi connectivity index (χ1v) is 11.8. The minimum atomic E-state index is -0.605. The lowest BCUT2D eigenvalue weighted by Crippen LogP contribution is -2.37. The van der Waals surface area contributed by atoms with Gasteiger partial charge in [0.2, 0.25) is 0 Å². The lowest BCUT2D eigenvalue weighted by Gasteiger charge is -2.20. The number of hydrogen-bond donors (Lipinski definition) is 3. The van der Waals surface area contributed by atoms with Crippen LogP contribution in [-0.4, -0.2) is 41.5 Å². The lowest BCUT2D eigenvalue weighted by atomic mass is 10.0. The van der Waals surface area contributed by atoms with E-state index in [1.165, 1.54) is 12.1 Å². The minimum Gasteiger partial charge on any atom is -0.444 e. The highest BCUT2D eigenvalue weighted by molar-refractivity contribution is 6.09. The summed E-state index contributed by atoms with van der Waals surface area (Å²) in [6, 6.07) is 13.6. The van der Waals surface area contributed by atoms with Crippen LogP contribution in [0.3, 0.4) is 0 Å². The molecule has 1 fully saturated rings. The summed E-state index contributed by atoms with van der Waals surface area (Å²) in [5.74, 6) is -1.27. The van der Waals surface area contributed by atoms with Crippen LogP contribution in [0.1, 0.15) is 44.1 Å². The van der Waals surface area contributed by atoms with Gasteiger partial charge in [-0.05, 0) is 57.4 Å². The highest BCUT2D eigenvalue weighted by atomic mass is 19.1. The van der Waals surface area contributed by atoms with Crippen LogP contribution in [0.5, 0.6) is 0 Å². The van der Waals surface area contributed by atoms with Gasteiger partial charge in [0, 0.05) is 41.4 Å². The predicted octanol–water partition coefficient (Wildman–Crippen LogP) is 4.82. The summed E-state index contributed by atoms with van der Waals surface area (Å²) in [5, 5.41) is 6.42. The molecule has 0 spiro atoms. The first-order chi connectivity index (χ1) is 16.6. The molecule has 35 heavy (non-hydrogen) atoms. The second-order valence-corrected chi connectivity index (χ2v) is 9.89. The first kappa shape index (κ1) is 24.4. The zero-order valence-corrected chi connectivity index (χ0v) is 20.1. The van der Waals surface area contributed by atoms with Gasteiger partial charge in [-0.25, -0.2) is 9.18 Å². The molecule has 2 amide bonds. The van der Waals surface area contributed by atoms with E-state index in [9.17, 15) is 18.8 Å². The largest absolute Gasteiger partial charge is 0.444 e. The number of nitrogens with one attached hydrogen (secondary N) is 3. The molecule has 0 aliphatic heterocycles. The number of carbonyl (C=O) groups is 3. The van der Waals surface area contributed by atoms with Gasteiger partial charge in [0.1, 0.15) is 22.9 Å². The molecule has 3 aromatic rings. The van der Waals surface area contributed by atoms with E-state index in [-0.39, 0.29) is 42.4 Å². The van der Waals surface area contributed by atoms with Crippen LogP contribution in [0.15, 0.2) is 48.5 Å². The molecule has 0 saturated heterocycles. The number of aromatic nitrogens is 1. The molecular formula is C27H30FN3O4. The van der Waals surface area contributed by atoms with Crippen molar-refractivity contribution in [3.05, 3.63) is 60.0 Å². The fourth-order valence-corrected chi connectivity index (χ4v) is 4.48. The van der Waals surface area contributed by atoms with Crippen LogP contribution in [0.2, 0.25) is 0 Å². The number of H-pyrrole nitrogens is 1. The Morgan fingerprint density at radius 1 is 1.00 bits per heavy atom. The zero-order valence-electron chi connectivity index (χ0n) is 20.1. The smallest absolute Gasteiger partial charge is 0.407 e. The van der Waals surface area contributed by atoms with Gasteiger partial charge in [-0.1, -0.05) is 30.3 Å². The van der Waals surface area contributed by atoms with Gasteiger partial charge in [-0.15, -0.1) is 0 Å². The normalized spacial score (nSPS) is 18.0. The fourth-order valence-electron chi connectivity index (χ4n) is 4.48. The van der Waals surface area contributed by atoms with E-state index in [4.69, 9.17) is 4.74 Å². The van der Waals surface area contributed by atoms with E-state index in [1.54, 1.807) is 32.9 Å². The van der Waals surface area contributed by atoms with Crippen molar-refractivity contribution in [1.82, 2.24) is 15.6 Å². The molecule has 1 saturated carbocycles. The molecule has 2 aromatic carbocycles. The number of ketones is 1. The summed E-state index contributed by atoms with van der Waals surface area (Å²) in [6.45, 7) is 5.76. The summed E-state index contributed by atoms with van der Waals surface area (Å²) >= 11 is 0. The first-order valence-electron chi connectivity index (χ1n) is 11.8. The van der Waals surface area contributed by atoms with Crippen molar-refractivity contribution in [2.24, 2.45) is 11.8 Å². The third kappa shape index (κ3) is 5.70. The Balaban J connectivity index is 1.42. The van der Waals surface area contributed by atoms with Crippen molar-refractivity contribution in [3.8, 4) is 11.1 Å². The van der Waals surface area contributed by atoms with Gasteiger partial charge in [0.15, 0.2) is 0 Å². The maximum absolute atomic E-state index is 13.5. The van der Waals surface area contributed by atoms with Crippen molar-refractivity contribution < 1.29 is 23.5 Å². The van der Waals surface area contributed by atoms with Crippen LogP contribution in [0.25, 0.3) is 22.0 Å². The molecular weight excluding hydrogens is 449 g/mol. The number of amides is 2. The third-order valence-corrected chi connectivity index (χ3v) is 6.14. The van der Waals surface area contributed by atoms with E-state index < -0.39 is 11.7 Å². The molecule has 0 unspecified atom stereocenters. The number of hydrogen-bond acceptors (Lipinski definition) is 4. The number of benzene rings is 2. The van der Waals surface area contributed by atoms with Gasteiger partial charge in [-0.3, -0.25) is 9.59 Å². The van der Waals surface area contributed by atoms with Gasteiger partial charge in [-0.2, -0.15) is 0 Å². The molecule has 4 rings (SSSR count). The Bertz CT molecular complexity index is 1240. The van der Waals surface area contributed by atoms with Crippen molar-refractivity contribution in [2.75, 3.05) is 13.1 Å². The van der Waals surface area contributed by atoms with Gasteiger partial charge >= 0.3 is 6.09 Å². The molecule has 3 N–H and O–H groups in total. The number of carbonyl (C=O) groups excluding carboxylic acids is 3. The number of para-hydroxylation sites is 1. The predicted molar refractivity (Wildman–Crippen MR) is 131 cm³/mol. The number of ether oxygens (including phenoxy) is 1. The maximum atomic E-state index is 13.5. The Kier molecular flexibility index (Phi) is 6.91. The second-order valence-electron chi connectivity index (χ2n) is 9.89. The molecule has 8 heteroatoms. The third-order valence-electron chi connectivity index (χ3n) is 6.14. The number of aromatic amines is 1. The fraction of sp³-hybridized carbons (Fsp3) is 0.370. The SMILES string of the molecule is CC(C)(C)OC(=O)NC[C@H]1CC[C@H](CNC(=O)c2[nH]c3ccccc3c2-c2ccc(F)cc2)C1=O. The monoisotopic (exact) mass is 479 g/mol. The summed E-state index contributed by atoms with van der Waals surface area (Å²) in [4.78, 5) is 41.1. The summed E-state index contributed by atoms with van der Waals surface area (Å²) in [5.41, 5.74) is 1.97. The van der Waals surface area contributed by atoms with Crippen LogP contribution in [0.4, 0.5) is 9.18 Å². The average molecular weight is 480 g/mol. The Morgan fingerprint density at radius 2 is 1.63 bits per heavy atom. The number of fused-ring (bicyclic) bond motifs is 1. The molecule has 184 valence electrons. The molecule has 1 aliphatic rings. The summed E-state index contributed by atoms with van der Waals surface area (Å²) in [6.07, 6.45) is 0.730. The Morgan fingerprint density at radius 3 is 2.29 bits per heavy atom. The van der Waals surface area contributed by atoms with Crippen LogP contribution in [0, 0.1) is 17.7 Å². The van der Waals surface area contributed by atoms with Crippen molar-refractivity contribution >= 4 is 28.7 Å². The van der Waals surface area contributed by atoms with Crippen LogP contribution < -0.4 is 10.6 Å². The maximum Gasteiger partial charge on any atom is 0.407 e. The number of alkyl carbamates (subject to hydrolysis) is 1. The highest BCUT2D eigenvalue weighted by Gasteiger charge is 2.35. The van der Waals surface area contributed by atoms with E-state index in [0.717, 1.165) is 16.5 Å². The lowest BCUT2D eigenvalue weighted by molar-refractivity contribution is -0.123. The molecule has 0 bridgehead atoms. The van der Waals surface area contributed by atoms with E-state index in [1.807, 2.05) is 24.3 Å². The van der Waals surface area contributed by atoms with Crippen molar-refractivity contribution in [3.63, 3.8) is 0 Å². The topological polar surface area (TPSA) is 100 Å². The number of rotatable bonds is 6. The average Bonchev–Trinajstić information content (AvgIpc) is 3.36. The van der Waals surface area contributed by atoms with Crippen molar-refractivity contribution in [1.29, 1.82) is 0 Å². The molecule has 0 radical (unpaired) electrons.